The summed E-state index contributed by atoms with van der Waals surface area (Å²) < 4.78 is 13.4. The van der Waals surface area contributed by atoms with Gasteiger partial charge in [-0.2, -0.15) is 0 Å². The molecule has 2 fully saturated rings. The van der Waals surface area contributed by atoms with E-state index in [0.29, 0.717) is 12.6 Å². The molecular weight excluding hydrogens is 470 g/mol. The predicted molar refractivity (Wildman–Crippen MR) is 144 cm³/mol. The number of carboxylic acid groups (broad SMARTS) is 1. The van der Waals surface area contributed by atoms with Gasteiger partial charge in [0.15, 0.2) is 0 Å². The second-order valence-corrected chi connectivity index (χ2v) is 10.2. The summed E-state index contributed by atoms with van der Waals surface area (Å²) >= 11 is 0. The first-order valence-corrected chi connectivity index (χ1v) is 12.6. The minimum absolute atomic E-state index is 0.112. The second-order valence-electron chi connectivity index (χ2n) is 10.2. The molecule has 37 heavy (non-hydrogen) atoms. The maximum atomic E-state index is 9.00. The molecule has 2 aliphatic heterocycles. The largest absolute Gasteiger partial charge is 0.493 e. The smallest absolute Gasteiger partial charge is 0.300 e. The van der Waals surface area contributed by atoms with Crippen LogP contribution in [0.1, 0.15) is 26.7 Å². The Labute approximate surface area is 215 Å². The van der Waals surface area contributed by atoms with Crippen LogP contribution in [-0.2, 0) is 9.53 Å². The molecule has 0 atom stereocenters. The number of hydrogen-bond donors (Lipinski definition) is 2. The number of nitrogens with zero attached hydrogens (tertiary/aromatic N) is 4. The van der Waals surface area contributed by atoms with Crippen molar-refractivity contribution in [2.24, 2.45) is 11.1 Å². The van der Waals surface area contributed by atoms with Crippen LogP contribution in [0, 0.1) is 5.41 Å². The van der Waals surface area contributed by atoms with E-state index in [9.17, 15) is 0 Å². The van der Waals surface area contributed by atoms with Gasteiger partial charge in [0.05, 0.1) is 42.1 Å². The highest BCUT2D eigenvalue weighted by atomic mass is 16.5. The Bertz CT molecular complexity index is 1400. The van der Waals surface area contributed by atoms with Crippen LogP contribution in [0.5, 0.6) is 5.75 Å². The van der Waals surface area contributed by atoms with E-state index in [1.807, 2.05) is 23.0 Å². The Hall–Kier alpha value is -3.69. The zero-order valence-corrected chi connectivity index (χ0v) is 21.3. The molecular formula is C28H33N5O4. The van der Waals surface area contributed by atoms with Crippen molar-refractivity contribution in [3.8, 4) is 11.6 Å². The van der Waals surface area contributed by atoms with Gasteiger partial charge in [0.1, 0.15) is 17.9 Å². The highest BCUT2D eigenvalue weighted by Gasteiger charge is 2.34. The van der Waals surface area contributed by atoms with Crippen LogP contribution in [0.4, 0.5) is 5.69 Å². The lowest BCUT2D eigenvalue weighted by Gasteiger charge is -2.37. The number of anilines is 1. The van der Waals surface area contributed by atoms with Crippen LogP contribution in [0.15, 0.2) is 54.9 Å². The molecule has 4 aromatic rings. The van der Waals surface area contributed by atoms with Gasteiger partial charge in [-0.15, -0.1) is 0 Å². The molecule has 9 heteroatoms. The lowest BCUT2D eigenvalue weighted by molar-refractivity contribution is -0.134. The van der Waals surface area contributed by atoms with Gasteiger partial charge < -0.3 is 25.2 Å². The summed E-state index contributed by atoms with van der Waals surface area (Å²) in [5.41, 5.74) is 10.3. The zero-order valence-electron chi connectivity index (χ0n) is 21.3. The van der Waals surface area contributed by atoms with E-state index in [0.717, 1.165) is 79.6 Å². The summed E-state index contributed by atoms with van der Waals surface area (Å²) in [5, 5.41) is 8.56. The Morgan fingerprint density at radius 1 is 1.19 bits per heavy atom. The third kappa shape index (κ3) is 5.52. The molecule has 0 aliphatic carbocycles. The zero-order chi connectivity index (χ0) is 26.0. The van der Waals surface area contributed by atoms with Crippen LogP contribution in [-0.4, -0.2) is 64.6 Å². The van der Waals surface area contributed by atoms with Gasteiger partial charge in [-0.05, 0) is 43.2 Å². The van der Waals surface area contributed by atoms with Gasteiger partial charge in [-0.1, -0.05) is 19.1 Å². The van der Waals surface area contributed by atoms with Gasteiger partial charge in [0.2, 0.25) is 0 Å². The summed E-state index contributed by atoms with van der Waals surface area (Å²) in [6.45, 7) is 7.35. The topological polar surface area (TPSA) is 116 Å². The number of pyridine rings is 1. The Morgan fingerprint density at radius 2 is 1.95 bits per heavy atom. The minimum Gasteiger partial charge on any atom is -0.493 e. The number of piperidine rings is 1. The number of rotatable bonds is 5. The number of para-hydroxylation sites is 1. The van der Waals surface area contributed by atoms with Crippen molar-refractivity contribution in [3.63, 3.8) is 0 Å². The average molecular weight is 504 g/mol. The normalized spacial score (nSPS) is 17.2. The molecule has 194 valence electrons. The van der Waals surface area contributed by atoms with Crippen molar-refractivity contribution in [1.29, 1.82) is 0 Å². The quantitative estimate of drug-likeness (QED) is 0.420. The first-order valence-electron chi connectivity index (χ1n) is 12.6. The van der Waals surface area contributed by atoms with Crippen molar-refractivity contribution in [2.45, 2.75) is 32.7 Å². The molecule has 4 heterocycles. The number of ether oxygens (including phenoxy) is 2. The molecule has 0 saturated carbocycles. The first-order chi connectivity index (χ1) is 17.8. The lowest BCUT2D eigenvalue weighted by Crippen LogP contribution is -2.44. The third-order valence-corrected chi connectivity index (χ3v) is 6.82. The number of aliphatic carboxylic acids is 1. The molecule has 2 saturated heterocycles. The van der Waals surface area contributed by atoms with Gasteiger partial charge in [0.25, 0.3) is 5.97 Å². The number of carbonyl (C=O) groups is 1. The van der Waals surface area contributed by atoms with Crippen molar-refractivity contribution >= 4 is 33.6 Å². The fourth-order valence-corrected chi connectivity index (χ4v) is 4.71. The monoisotopic (exact) mass is 503 g/mol. The van der Waals surface area contributed by atoms with Crippen molar-refractivity contribution in [3.05, 3.63) is 54.9 Å². The number of imidazole rings is 1. The number of fused-ring (bicyclic) bond motifs is 2. The molecule has 0 radical (unpaired) electrons. The molecule has 6 rings (SSSR count). The van der Waals surface area contributed by atoms with E-state index in [4.69, 9.17) is 30.1 Å². The maximum Gasteiger partial charge on any atom is 0.300 e. The Kier molecular flexibility index (Phi) is 6.99. The van der Waals surface area contributed by atoms with E-state index in [1.165, 1.54) is 5.69 Å². The van der Waals surface area contributed by atoms with E-state index in [2.05, 4.69) is 53.2 Å². The number of hydrogen-bond acceptors (Lipinski definition) is 7. The fraction of sp³-hybridized carbons (Fsp3) is 0.393. The Morgan fingerprint density at radius 3 is 2.65 bits per heavy atom. The van der Waals surface area contributed by atoms with Gasteiger partial charge >= 0.3 is 0 Å². The highest BCUT2D eigenvalue weighted by Crippen LogP contribution is 2.31. The van der Waals surface area contributed by atoms with Crippen LogP contribution >= 0.6 is 0 Å². The molecule has 9 nitrogen and oxygen atoms in total. The third-order valence-electron chi connectivity index (χ3n) is 6.82. The molecule has 0 unspecified atom stereocenters. The van der Waals surface area contributed by atoms with Crippen molar-refractivity contribution < 1.29 is 19.4 Å². The van der Waals surface area contributed by atoms with Gasteiger partial charge in [-0.25, -0.2) is 9.97 Å². The summed E-state index contributed by atoms with van der Waals surface area (Å²) in [5.74, 6) is 0.858. The number of aromatic nitrogens is 3. The van der Waals surface area contributed by atoms with Gasteiger partial charge in [-0.3, -0.25) is 9.36 Å². The molecule has 2 aromatic carbocycles. The molecule has 2 aromatic heterocycles. The standard InChI is InChI=1S/C26H29N5O2.C2H4O2/c1-26(14-32-15-26)16-33-20-6-7-22-21(13-20)28-17-31(22)24-8-5-18-3-2-4-23(25(18)29-24)30-11-9-19(27)10-12-30;1-2(3)4/h2-8,13,17,19H,9-12,14-16,27H2,1H3;1H3,(H,3,4). The summed E-state index contributed by atoms with van der Waals surface area (Å²) in [7, 11) is 0. The predicted octanol–water partition coefficient (Wildman–Crippen LogP) is 4.01. The van der Waals surface area contributed by atoms with Gasteiger partial charge in [0, 0.05) is 42.9 Å². The summed E-state index contributed by atoms with van der Waals surface area (Å²) in [6, 6.07) is 17.0. The molecule has 0 spiro atoms. The fourth-order valence-electron chi connectivity index (χ4n) is 4.71. The van der Waals surface area contributed by atoms with E-state index in [-0.39, 0.29) is 5.41 Å². The molecule has 0 amide bonds. The minimum atomic E-state index is -0.833. The lowest BCUT2D eigenvalue weighted by atomic mass is 9.90. The average Bonchev–Trinajstić information content (AvgIpc) is 3.29. The van der Waals surface area contributed by atoms with E-state index >= 15 is 0 Å². The van der Waals surface area contributed by atoms with Crippen LogP contribution in [0.3, 0.4) is 0 Å². The van der Waals surface area contributed by atoms with Crippen LogP contribution in [0.25, 0.3) is 27.8 Å². The highest BCUT2D eigenvalue weighted by molar-refractivity contribution is 5.92. The molecule has 2 aliphatic rings. The molecule has 3 N–H and O–H groups in total. The first kappa shape index (κ1) is 25.0. The van der Waals surface area contributed by atoms with E-state index in [1.54, 1.807) is 0 Å². The molecule has 0 bridgehead atoms. The van der Waals surface area contributed by atoms with Crippen molar-refractivity contribution in [2.75, 3.05) is 37.8 Å². The van der Waals surface area contributed by atoms with E-state index < -0.39 is 5.97 Å². The summed E-state index contributed by atoms with van der Waals surface area (Å²) in [6.07, 6.45) is 3.86. The number of benzene rings is 2. The SMILES string of the molecule is CC(=O)O.CC1(COc2ccc3c(c2)ncn3-c2ccc3cccc(N4CCC(N)CC4)c3n2)COC1. The second kappa shape index (κ2) is 10.4. The number of carboxylic acids is 1. The maximum absolute atomic E-state index is 9.00. The number of nitrogens with two attached hydrogens (primary N) is 1. The van der Waals surface area contributed by atoms with Crippen molar-refractivity contribution in [1.82, 2.24) is 14.5 Å². The van der Waals surface area contributed by atoms with Crippen LogP contribution < -0.4 is 15.4 Å². The summed E-state index contributed by atoms with van der Waals surface area (Å²) in [4.78, 5) is 21.1. The van der Waals surface area contributed by atoms with Crippen LogP contribution in [0.2, 0.25) is 0 Å². The Balaban J connectivity index is 0.000000655.